The zero-order valence-electron chi connectivity index (χ0n) is 10.6. The van der Waals surface area contributed by atoms with Gasteiger partial charge in [-0.3, -0.25) is 4.68 Å². The van der Waals surface area contributed by atoms with Crippen LogP contribution in [0.15, 0.2) is 12.3 Å². The van der Waals surface area contributed by atoms with Gasteiger partial charge in [-0.2, -0.15) is 16.9 Å². The van der Waals surface area contributed by atoms with Gasteiger partial charge in [-0.15, -0.1) is 0 Å². The van der Waals surface area contributed by atoms with E-state index in [1.165, 1.54) is 17.9 Å². The molecule has 0 aromatic carbocycles. The van der Waals surface area contributed by atoms with Crippen LogP contribution in [0.5, 0.6) is 0 Å². The number of nitrogens with zero attached hydrogens (tertiary/aromatic N) is 2. The van der Waals surface area contributed by atoms with Gasteiger partial charge in [-0.25, -0.2) is 0 Å². The van der Waals surface area contributed by atoms with Crippen LogP contribution >= 0.6 is 11.8 Å². The molecule has 1 unspecified atom stereocenters. The fourth-order valence-electron chi connectivity index (χ4n) is 1.90. The lowest BCUT2D eigenvalue weighted by atomic mass is 10.2. The Labute approximate surface area is 108 Å². The number of rotatable bonds is 5. The molecule has 17 heavy (non-hydrogen) atoms. The number of anilines is 1. The van der Waals surface area contributed by atoms with Crippen LogP contribution in [-0.4, -0.2) is 40.4 Å². The maximum absolute atomic E-state index is 4.47. The van der Waals surface area contributed by atoms with Crippen molar-refractivity contribution in [3.8, 4) is 0 Å². The third-order valence-corrected chi connectivity index (χ3v) is 4.07. The van der Waals surface area contributed by atoms with E-state index < -0.39 is 0 Å². The summed E-state index contributed by atoms with van der Waals surface area (Å²) in [6.45, 7) is 6.42. The highest BCUT2D eigenvalue weighted by Gasteiger charge is 2.12. The van der Waals surface area contributed by atoms with Crippen molar-refractivity contribution in [1.82, 2.24) is 15.1 Å². The summed E-state index contributed by atoms with van der Waals surface area (Å²) in [5, 5.41) is 11.4. The Morgan fingerprint density at radius 2 is 2.53 bits per heavy atom. The van der Waals surface area contributed by atoms with Gasteiger partial charge in [0.25, 0.3) is 0 Å². The quantitative estimate of drug-likeness (QED) is 0.843. The minimum Gasteiger partial charge on any atom is -0.369 e. The zero-order chi connectivity index (χ0) is 12.1. The molecule has 1 saturated heterocycles. The van der Waals surface area contributed by atoms with Gasteiger partial charge in [0, 0.05) is 48.9 Å². The summed E-state index contributed by atoms with van der Waals surface area (Å²) in [6.07, 6.45) is 3.20. The second kappa shape index (κ2) is 6.31. The molecule has 1 aromatic rings. The standard InChI is InChI=1S/C12H22N4S/c1-10(2)16-7-4-12(15-16)14-5-3-11-9-17-8-6-13-11/h4,7,10-11,13H,3,5-6,8-9H2,1-2H3,(H,14,15). The summed E-state index contributed by atoms with van der Waals surface area (Å²) in [5.74, 6) is 3.48. The first-order valence-corrected chi connectivity index (χ1v) is 7.51. The van der Waals surface area contributed by atoms with Gasteiger partial charge in [0.2, 0.25) is 0 Å². The van der Waals surface area contributed by atoms with E-state index in [4.69, 9.17) is 0 Å². The molecule has 1 atom stereocenters. The summed E-state index contributed by atoms with van der Waals surface area (Å²) in [6, 6.07) is 3.14. The Morgan fingerprint density at radius 3 is 3.18 bits per heavy atom. The number of aromatic nitrogens is 2. The van der Waals surface area contributed by atoms with E-state index in [0.717, 1.165) is 18.9 Å². The molecule has 1 fully saturated rings. The summed E-state index contributed by atoms with van der Waals surface area (Å²) in [7, 11) is 0. The van der Waals surface area contributed by atoms with Crippen molar-refractivity contribution >= 4 is 17.6 Å². The molecule has 0 amide bonds. The first-order chi connectivity index (χ1) is 8.25. The van der Waals surface area contributed by atoms with Crippen LogP contribution in [0.3, 0.4) is 0 Å². The van der Waals surface area contributed by atoms with E-state index in [9.17, 15) is 0 Å². The highest BCUT2D eigenvalue weighted by Crippen LogP contribution is 2.11. The molecule has 4 nitrogen and oxygen atoms in total. The van der Waals surface area contributed by atoms with E-state index in [0.29, 0.717) is 12.1 Å². The predicted molar refractivity (Wildman–Crippen MR) is 74.8 cm³/mol. The highest BCUT2D eigenvalue weighted by atomic mass is 32.2. The molecule has 0 radical (unpaired) electrons. The van der Waals surface area contributed by atoms with Gasteiger partial charge in [-0.05, 0) is 20.3 Å². The first-order valence-electron chi connectivity index (χ1n) is 6.36. The Morgan fingerprint density at radius 1 is 1.65 bits per heavy atom. The minimum absolute atomic E-state index is 0.432. The fourth-order valence-corrected chi connectivity index (χ4v) is 2.90. The third kappa shape index (κ3) is 3.92. The molecule has 0 bridgehead atoms. The summed E-state index contributed by atoms with van der Waals surface area (Å²) in [4.78, 5) is 0. The van der Waals surface area contributed by atoms with Crippen LogP contribution in [-0.2, 0) is 0 Å². The Balaban J connectivity index is 1.70. The Hall–Kier alpha value is -0.680. The molecule has 0 aliphatic carbocycles. The second-order valence-electron chi connectivity index (χ2n) is 4.72. The molecular weight excluding hydrogens is 232 g/mol. The van der Waals surface area contributed by atoms with Crippen molar-refractivity contribution in [3.05, 3.63) is 12.3 Å². The van der Waals surface area contributed by atoms with E-state index >= 15 is 0 Å². The van der Waals surface area contributed by atoms with E-state index in [1.807, 2.05) is 28.7 Å². The normalized spacial score (nSPS) is 20.8. The van der Waals surface area contributed by atoms with E-state index in [2.05, 4.69) is 29.6 Å². The van der Waals surface area contributed by atoms with Crippen molar-refractivity contribution < 1.29 is 0 Å². The van der Waals surface area contributed by atoms with Crippen molar-refractivity contribution in [3.63, 3.8) is 0 Å². The summed E-state index contributed by atoms with van der Waals surface area (Å²) >= 11 is 2.05. The average molecular weight is 254 g/mol. The zero-order valence-corrected chi connectivity index (χ0v) is 11.5. The number of hydrogen-bond donors (Lipinski definition) is 2. The third-order valence-electron chi connectivity index (χ3n) is 2.93. The van der Waals surface area contributed by atoms with Crippen molar-refractivity contribution in [2.45, 2.75) is 32.4 Å². The molecular formula is C12H22N4S. The molecule has 1 aliphatic rings. The fraction of sp³-hybridized carbons (Fsp3) is 0.750. The van der Waals surface area contributed by atoms with Gasteiger partial charge in [0.15, 0.2) is 0 Å². The van der Waals surface area contributed by atoms with Crippen LogP contribution < -0.4 is 10.6 Å². The van der Waals surface area contributed by atoms with E-state index in [1.54, 1.807) is 0 Å². The molecule has 1 aromatic heterocycles. The molecule has 0 spiro atoms. The average Bonchev–Trinajstić information content (AvgIpc) is 2.79. The maximum Gasteiger partial charge on any atom is 0.147 e. The topological polar surface area (TPSA) is 41.9 Å². The van der Waals surface area contributed by atoms with Crippen LogP contribution in [0, 0.1) is 0 Å². The van der Waals surface area contributed by atoms with Crippen LogP contribution in [0.2, 0.25) is 0 Å². The predicted octanol–water partition coefficient (Wildman–Crippen LogP) is 1.97. The Bertz CT molecular complexity index is 331. The number of nitrogens with one attached hydrogen (secondary N) is 2. The molecule has 2 N–H and O–H groups in total. The first kappa shape index (κ1) is 12.8. The highest BCUT2D eigenvalue weighted by molar-refractivity contribution is 7.99. The van der Waals surface area contributed by atoms with E-state index in [-0.39, 0.29) is 0 Å². The lowest BCUT2D eigenvalue weighted by Gasteiger charge is -2.22. The van der Waals surface area contributed by atoms with Crippen molar-refractivity contribution in [2.75, 3.05) is 29.9 Å². The van der Waals surface area contributed by atoms with Crippen LogP contribution in [0.4, 0.5) is 5.82 Å². The van der Waals surface area contributed by atoms with Gasteiger partial charge in [0.1, 0.15) is 5.82 Å². The molecule has 2 heterocycles. The lowest BCUT2D eigenvalue weighted by Crippen LogP contribution is -2.38. The smallest absolute Gasteiger partial charge is 0.147 e. The van der Waals surface area contributed by atoms with Gasteiger partial charge < -0.3 is 10.6 Å². The van der Waals surface area contributed by atoms with Gasteiger partial charge in [-0.1, -0.05) is 0 Å². The van der Waals surface area contributed by atoms with Crippen LogP contribution in [0.25, 0.3) is 0 Å². The van der Waals surface area contributed by atoms with Gasteiger partial charge in [0.05, 0.1) is 0 Å². The lowest BCUT2D eigenvalue weighted by molar-refractivity contribution is 0.529. The maximum atomic E-state index is 4.47. The van der Waals surface area contributed by atoms with Crippen LogP contribution in [0.1, 0.15) is 26.3 Å². The number of thioether (sulfide) groups is 1. The summed E-state index contributed by atoms with van der Waals surface area (Å²) < 4.78 is 1.98. The molecule has 5 heteroatoms. The molecule has 0 saturated carbocycles. The molecule has 1 aliphatic heterocycles. The van der Waals surface area contributed by atoms with Crippen molar-refractivity contribution in [2.24, 2.45) is 0 Å². The molecule has 96 valence electrons. The largest absolute Gasteiger partial charge is 0.369 e. The number of hydrogen-bond acceptors (Lipinski definition) is 4. The van der Waals surface area contributed by atoms with Gasteiger partial charge >= 0.3 is 0 Å². The van der Waals surface area contributed by atoms with Crippen molar-refractivity contribution in [1.29, 1.82) is 0 Å². The monoisotopic (exact) mass is 254 g/mol. The molecule has 2 rings (SSSR count). The minimum atomic E-state index is 0.432. The summed E-state index contributed by atoms with van der Waals surface area (Å²) in [5.41, 5.74) is 0. The SMILES string of the molecule is CC(C)n1ccc(NCCC2CSCCN2)n1. The second-order valence-corrected chi connectivity index (χ2v) is 5.87. The Kier molecular flexibility index (Phi) is 4.74.